The molecule has 1 fully saturated rings. The fourth-order valence-electron chi connectivity index (χ4n) is 3.22. The van der Waals surface area contributed by atoms with E-state index < -0.39 is 5.97 Å². The number of carbonyl (C=O) groups is 2. The first-order chi connectivity index (χ1) is 12.1. The first-order valence-electron chi connectivity index (χ1n) is 8.42. The van der Waals surface area contributed by atoms with Crippen LogP contribution in [0.15, 0.2) is 30.6 Å². The van der Waals surface area contributed by atoms with Crippen LogP contribution in [0.1, 0.15) is 35.2 Å². The molecule has 1 amide bonds. The molecular formula is C17H21N5O3. The second-order valence-corrected chi connectivity index (χ2v) is 6.38. The number of carboxylic acids is 1. The van der Waals surface area contributed by atoms with E-state index in [2.05, 4.69) is 15.5 Å². The number of carboxylic acid groups (broad SMARTS) is 1. The number of aryl methyl sites for hydroxylation is 1. The summed E-state index contributed by atoms with van der Waals surface area (Å²) >= 11 is 0. The molecule has 8 nitrogen and oxygen atoms in total. The minimum atomic E-state index is -0.910. The van der Waals surface area contributed by atoms with Gasteiger partial charge in [-0.3, -0.25) is 4.79 Å². The van der Waals surface area contributed by atoms with Crippen molar-refractivity contribution in [1.82, 2.24) is 25.1 Å². The number of likely N-dealkylation sites (tertiary alicyclic amines) is 1. The van der Waals surface area contributed by atoms with E-state index in [0.717, 1.165) is 31.5 Å². The number of tetrazole rings is 1. The quantitative estimate of drug-likeness (QED) is 0.812. The summed E-state index contributed by atoms with van der Waals surface area (Å²) in [4.78, 5) is 25.3. The normalized spacial score (nSPS) is 17.0. The first kappa shape index (κ1) is 17.1. The van der Waals surface area contributed by atoms with Crippen molar-refractivity contribution in [3.8, 4) is 0 Å². The third-order valence-electron chi connectivity index (χ3n) is 4.51. The number of carbonyl (C=O) groups excluding carboxylic acids is 1. The van der Waals surface area contributed by atoms with Crippen molar-refractivity contribution >= 4 is 11.9 Å². The lowest BCUT2D eigenvalue weighted by Gasteiger charge is -2.16. The van der Waals surface area contributed by atoms with Crippen molar-refractivity contribution in [2.24, 2.45) is 5.92 Å². The van der Waals surface area contributed by atoms with Crippen LogP contribution in [-0.2, 0) is 17.8 Å². The molecule has 132 valence electrons. The van der Waals surface area contributed by atoms with Gasteiger partial charge in [-0.05, 0) is 53.3 Å². The van der Waals surface area contributed by atoms with Gasteiger partial charge in [0, 0.05) is 26.1 Å². The van der Waals surface area contributed by atoms with Gasteiger partial charge in [0.15, 0.2) is 0 Å². The Morgan fingerprint density at radius 1 is 1.32 bits per heavy atom. The molecular weight excluding hydrogens is 322 g/mol. The minimum absolute atomic E-state index is 0.162. The molecule has 2 heterocycles. The number of hydrogen-bond acceptors (Lipinski definition) is 5. The van der Waals surface area contributed by atoms with E-state index in [9.17, 15) is 9.59 Å². The van der Waals surface area contributed by atoms with Crippen molar-refractivity contribution < 1.29 is 14.7 Å². The Labute approximate surface area is 145 Å². The van der Waals surface area contributed by atoms with Crippen molar-refractivity contribution in [3.63, 3.8) is 0 Å². The SMILES string of the molecule is O=C(O)c1cccc(C[C@H]2CCN(C(=O)CCCn3cnnn3)C2)c1. The number of nitrogens with zero attached hydrogens (tertiary/aromatic N) is 5. The Balaban J connectivity index is 1.45. The summed E-state index contributed by atoms with van der Waals surface area (Å²) in [5.41, 5.74) is 1.32. The summed E-state index contributed by atoms with van der Waals surface area (Å²) in [5.74, 6) is -0.366. The average Bonchev–Trinajstić information content (AvgIpc) is 3.27. The van der Waals surface area contributed by atoms with Gasteiger partial charge >= 0.3 is 5.97 Å². The van der Waals surface area contributed by atoms with Crippen LogP contribution in [-0.4, -0.2) is 55.2 Å². The minimum Gasteiger partial charge on any atom is -0.478 e. The first-order valence-corrected chi connectivity index (χ1v) is 8.42. The molecule has 1 aromatic carbocycles. The van der Waals surface area contributed by atoms with Crippen LogP contribution in [0.2, 0.25) is 0 Å². The molecule has 8 heteroatoms. The predicted octanol–water partition coefficient (Wildman–Crippen LogP) is 1.24. The molecule has 0 saturated carbocycles. The third-order valence-corrected chi connectivity index (χ3v) is 4.51. The van der Waals surface area contributed by atoms with Crippen LogP contribution < -0.4 is 0 Å². The molecule has 1 atom stereocenters. The van der Waals surface area contributed by atoms with Crippen LogP contribution in [0.25, 0.3) is 0 Å². The monoisotopic (exact) mass is 343 g/mol. The van der Waals surface area contributed by atoms with Crippen molar-refractivity contribution in [1.29, 1.82) is 0 Å². The zero-order chi connectivity index (χ0) is 17.6. The lowest BCUT2D eigenvalue weighted by Crippen LogP contribution is -2.29. The van der Waals surface area contributed by atoms with E-state index in [1.165, 1.54) is 0 Å². The molecule has 2 aromatic rings. The number of aromatic nitrogens is 4. The molecule has 0 unspecified atom stereocenters. The average molecular weight is 343 g/mol. The van der Waals surface area contributed by atoms with Gasteiger partial charge in [-0.1, -0.05) is 12.1 Å². The van der Waals surface area contributed by atoms with E-state index >= 15 is 0 Å². The molecule has 25 heavy (non-hydrogen) atoms. The van der Waals surface area contributed by atoms with Gasteiger partial charge in [-0.15, -0.1) is 5.10 Å². The summed E-state index contributed by atoms with van der Waals surface area (Å²) in [7, 11) is 0. The molecule has 1 aliphatic rings. The fraction of sp³-hybridized carbons (Fsp3) is 0.471. The van der Waals surface area contributed by atoms with E-state index in [1.54, 1.807) is 29.2 Å². The lowest BCUT2D eigenvalue weighted by molar-refractivity contribution is -0.130. The molecule has 0 radical (unpaired) electrons. The van der Waals surface area contributed by atoms with Crippen LogP contribution in [0.3, 0.4) is 0 Å². The van der Waals surface area contributed by atoms with Gasteiger partial charge < -0.3 is 10.0 Å². The number of amides is 1. The van der Waals surface area contributed by atoms with Gasteiger partial charge in [0.05, 0.1) is 5.56 Å². The van der Waals surface area contributed by atoms with Crippen LogP contribution in [0.4, 0.5) is 0 Å². The summed E-state index contributed by atoms with van der Waals surface area (Å²) in [6.07, 6.45) is 4.50. The Kier molecular flexibility index (Phi) is 5.37. The van der Waals surface area contributed by atoms with E-state index in [0.29, 0.717) is 30.9 Å². The second kappa shape index (κ2) is 7.87. The number of benzene rings is 1. The van der Waals surface area contributed by atoms with Crippen molar-refractivity contribution in [3.05, 3.63) is 41.7 Å². The van der Waals surface area contributed by atoms with E-state index in [1.807, 2.05) is 11.0 Å². The van der Waals surface area contributed by atoms with Gasteiger partial charge in [-0.25, -0.2) is 9.48 Å². The van der Waals surface area contributed by atoms with E-state index in [4.69, 9.17) is 5.11 Å². The summed E-state index contributed by atoms with van der Waals surface area (Å²) < 4.78 is 1.62. The van der Waals surface area contributed by atoms with Gasteiger partial charge in [0.25, 0.3) is 0 Å². The predicted molar refractivity (Wildman–Crippen MR) is 88.8 cm³/mol. The molecule has 0 spiro atoms. The molecule has 3 rings (SSSR count). The smallest absolute Gasteiger partial charge is 0.335 e. The maximum Gasteiger partial charge on any atom is 0.335 e. The van der Waals surface area contributed by atoms with E-state index in [-0.39, 0.29) is 5.91 Å². The topological polar surface area (TPSA) is 101 Å². The number of aromatic carboxylic acids is 1. The van der Waals surface area contributed by atoms with Crippen molar-refractivity contribution in [2.45, 2.75) is 32.2 Å². The van der Waals surface area contributed by atoms with Gasteiger partial charge in [0.1, 0.15) is 6.33 Å². The molecule has 0 bridgehead atoms. The highest BCUT2D eigenvalue weighted by Crippen LogP contribution is 2.22. The molecule has 1 N–H and O–H groups in total. The second-order valence-electron chi connectivity index (χ2n) is 6.38. The molecule has 1 aromatic heterocycles. The largest absolute Gasteiger partial charge is 0.478 e. The van der Waals surface area contributed by atoms with Crippen molar-refractivity contribution in [2.75, 3.05) is 13.1 Å². The Hall–Kier alpha value is -2.77. The van der Waals surface area contributed by atoms with Crippen LogP contribution in [0, 0.1) is 5.92 Å². The standard InChI is InChI=1S/C17H21N5O3/c23-16(5-2-7-22-12-18-19-20-22)21-8-6-14(11-21)9-13-3-1-4-15(10-13)17(24)25/h1,3-4,10,12,14H,2,5-9,11H2,(H,24,25)/t14-/m1/s1. The number of rotatable bonds is 7. The highest BCUT2D eigenvalue weighted by molar-refractivity contribution is 5.87. The zero-order valence-electron chi connectivity index (χ0n) is 13.9. The highest BCUT2D eigenvalue weighted by Gasteiger charge is 2.26. The maximum absolute atomic E-state index is 12.3. The maximum atomic E-state index is 12.3. The lowest BCUT2D eigenvalue weighted by atomic mass is 9.97. The summed E-state index contributed by atoms with van der Waals surface area (Å²) in [6.45, 7) is 2.14. The Bertz CT molecular complexity index is 732. The third kappa shape index (κ3) is 4.62. The number of hydrogen-bond donors (Lipinski definition) is 1. The molecule has 1 aliphatic heterocycles. The van der Waals surface area contributed by atoms with Crippen LogP contribution >= 0.6 is 0 Å². The highest BCUT2D eigenvalue weighted by atomic mass is 16.4. The fourth-order valence-corrected chi connectivity index (χ4v) is 3.22. The van der Waals surface area contributed by atoms with Gasteiger partial charge in [0.2, 0.25) is 5.91 Å². The molecule has 0 aliphatic carbocycles. The zero-order valence-corrected chi connectivity index (χ0v) is 13.9. The summed E-state index contributed by atoms with van der Waals surface area (Å²) in [5, 5.41) is 20.0. The molecule has 1 saturated heterocycles. The summed E-state index contributed by atoms with van der Waals surface area (Å²) in [6, 6.07) is 7.04. The Morgan fingerprint density at radius 2 is 2.20 bits per heavy atom. The Morgan fingerprint density at radius 3 is 2.96 bits per heavy atom. The van der Waals surface area contributed by atoms with Crippen LogP contribution in [0.5, 0.6) is 0 Å². The van der Waals surface area contributed by atoms with Gasteiger partial charge in [-0.2, -0.15) is 0 Å².